The summed E-state index contributed by atoms with van der Waals surface area (Å²) in [7, 11) is 0. The van der Waals surface area contributed by atoms with E-state index in [9.17, 15) is 0 Å². The van der Waals surface area contributed by atoms with E-state index >= 15 is 0 Å². The van der Waals surface area contributed by atoms with E-state index in [1.54, 1.807) is 0 Å². The summed E-state index contributed by atoms with van der Waals surface area (Å²) < 4.78 is 2.34. The SMILES string of the molecule is N=C(N)c1ccc2c(c1)c1ccccc1n2Cc1ccc(-c2ccccc2)cc1. The minimum atomic E-state index is 0.0974. The lowest BCUT2D eigenvalue weighted by Crippen LogP contribution is -2.10. The number of nitrogens with zero attached hydrogens (tertiary/aromatic N) is 1. The van der Waals surface area contributed by atoms with E-state index in [0.29, 0.717) is 0 Å². The second kappa shape index (κ2) is 6.95. The topological polar surface area (TPSA) is 54.8 Å². The molecule has 0 radical (unpaired) electrons. The van der Waals surface area contributed by atoms with Gasteiger partial charge in [0.2, 0.25) is 0 Å². The molecule has 0 saturated carbocycles. The number of rotatable bonds is 4. The number of nitrogens with one attached hydrogen (secondary N) is 1. The first-order valence-corrected chi connectivity index (χ1v) is 9.70. The normalized spacial score (nSPS) is 11.2. The number of para-hydroxylation sites is 1. The van der Waals surface area contributed by atoms with E-state index < -0.39 is 0 Å². The third-order valence-corrected chi connectivity index (χ3v) is 5.49. The van der Waals surface area contributed by atoms with Crippen LogP contribution in [0.3, 0.4) is 0 Å². The largest absolute Gasteiger partial charge is 0.384 e. The Labute approximate surface area is 169 Å². The van der Waals surface area contributed by atoms with Crippen molar-refractivity contribution >= 4 is 27.6 Å². The fourth-order valence-corrected chi connectivity index (χ4v) is 4.01. The molecule has 0 atom stereocenters. The van der Waals surface area contributed by atoms with Gasteiger partial charge in [0.05, 0.1) is 0 Å². The van der Waals surface area contributed by atoms with E-state index in [-0.39, 0.29) is 5.84 Å². The van der Waals surface area contributed by atoms with Crippen LogP contribution in [0.5, 0.6) is 0 Å². The number of benzene rings is 4. The zero-order valence-corrected chi connectivity index (χ0v) is 16.0. The Balaban J connectivity index is 1.58. The maximum atomic E-state index is 7.77. The van der Waals surface area contributed by atoms with Gasteiger partial charge in [-0.15, -0.1) is 0 Å². The predicted octanol–water partition coefficient (Wildman–Crippen LogP) is 5.79. The van der Waals surface area contributed by atoms with E-state index in [1.807, 2.05) is 18.2 Å². The first-order chi connectivity index (χ1) is 14.2. The first-order valence-electron chi connectivity index (χ1n) is 9.70. The zero-order chi connectivity index (χ0) is 19.8. The summed E-state index contributed by atoms with van der Waals surface area (Å²) in [6.07, 6.45) is 0. The third-order valence-electron chi connectivity index (χ3n) is 5.49. The molecule has 140 valence electrons. The average molecular weight is 375 g/mol. The van der Waals surface area contributed by atoms with Crippen LogP contribution in [0.25, 0.3) is 32.9 Å². The molecule has 0 bridgehead atoms. The Bertz CT molecular complexity index is 1330. The van der Waals surface area contributed by atoms with Crippen LogP contribution in [0.15, 0.2) is 97.1 Å². The molecule has 0 amide bonds. The van der Waals surface area contributed by atoms with E-state index in [4.69, 9.17) is 11.1 Å². The molecule has 1 heterocycles. The van der Waals surface area contributed by atoms with Gasteiger partial charge in [0.15, 0.2) is 0 Å². The number of nitrogen functional groups attached to an aromatic ring is 1. The summed E-state index contributed by atoms with van der Waals surface area (Å²) in [6.45, 7) is 0.790. The van der Waals surface area contributed by atoms with Crippen molar-refractivity contribution in [1.29, 1.82) is 5.41 Å². The number of hydrogen-bond acceptors (Lipinski definition) is 1. The highest BCUT2D eigenvalue weighted by atomic mass is 15.0. The van der Waals surface area contributed by atoms with Gasteiger partial charge < -0.3 is 10.3 Å². The zero-order valence-electron chi connectivity index (χ0n) is 16.0. The quantitative estimate of drug-likeness (QED) is 0.303. The Kier molecular flexibility index (Phi) is 4.14. The maximum Gasteiger partial charge on any atom is 0.122 e. The molecule has 0 fully saturated rings. The Morgan fingerprint density at radius 3 is 2.10 bits per heavy atom. The summed E-state index contributed by atoms with van der Waals surface area (Å²) in [5.74, 6) is 0.0974. The van der Waals surface area contributed by atoms with Crippen LogP contribution >= 0.6 is 0 Å². The van der Waals surface area contributed by atoms with E-state index in [1.165, 1.54) is 27.6 Å². The first kappa shape index (κ1) is 17.3. The number of aromatic nitrogens is 1. The number of fused-ring (bicyclic) bond motifs is 3. The van der Waals surface area contributed by atoms with Crippen molar-refractivity contribution in [3.63, 3.8) is 0 Å². The molecule has 3 nitrogen and oxygen atoms in total. The van der Waals surface area contributed by atoms with E-state index in [0.717, 1.165) is 23.0 Å². The monoisotopic (exact) mass is 375 g/mol. The lowest BCUT2D eigenvalue weighted by molar-refractivity contribution is 0.869. The Hall–Kier alpha value is -3.85. The molecule has 0 aliphatic carbocycles. The molecule has 5 aromatic rings. The molecule has 0 spiro atoms. The third kappa shape index (κ3) is 3.07. The number of hydrogen-bond donors (Lipinski definition) is 2. The van der Waals surface area contributed by atoms with Crippen LogP contribution in [-0.4, -0.2) is 10.4 Å². The number of nitrogens with two attached hydrogens (primary N) is 1. The maximum absolute atomic E-state index is 7.77. The van der Waals surface area contributed by atoms with Gasteiger partial charge in [-0.1, -0.05) is 72.8 Å². The summed E-state index contributed by atoms with van der Waals surface area (Å²) in [5, 5.41) is 10.1. The van der Waals surface area contributed by atoms with Crippen molar-refractivity contribution in [3.05, 3.63) is 108 Å². The second-order valence-electron chi connectivity index (χ2n) is 7.31. The Morgan fingerprint density at radius 1 is 0.690 bits per heavy atom. The van der Waals surface area contributed by atoms with Crippen molar-refractivity contribution < 1.29 is 0 Å². The van der Waals surface area contributed by atoms with Gasteiger partial charge in [-0.2, -0.15) is 0 Å². The van der Waals surface area contributed by atoms with Crippen molar-refractivity contribution in [3.8, 4) is 11.1 Å². The molecule has 1 aromatic heterocycles. The van der Waals surface area contributed by atoms with Gasteiger partial charge in [0, 0.05) is 33.9 Å². The van der Waals surface area contributed by atoms with E-state index in [2.05, 4.69) is 83.4 Å². The molecule has 0 saturated heterocycles. The molecule has 3 heteroatoms. The standard InChI is InChI=1S/C26H21N3/c27-26(28)21-14-15-25-23(16-21)22-8-4-5-9-24(22)29(25)17-18-10-12-20(13-11-18)19-6-2-1-3-7-19/h1-16H,17H2,(H3,27,28). The van der Waals surface area contributed by atoms with Crippen LogP contribution in [-0.2, 0) is 6.54 Å². The molecule has 5 rings (SSSR count). The molecule has 29 heavy (non-hydrogen) atoms. The smallest absolute Gasteiger partial charge is 0.122 e. The average Bonchev–Trinajstić information content (AvgIpc) is 3.08. The van der Waals surface area contributed by atoms with Crippen molar-refractivity contribution in [2.24, 2.45) is 5.73 Å². The summed E-state index contributed by atoms with van der Waals surface area (Å²) in [5.41, 5.74) is 12.5. The summed E-state index contributed by atoms with van der Waals surface area (Å²) in [6, 6.07) is 33.7. The minimum absolute atomic E-state index is 0.0974. The summed E-state index contributed by atoms with van der Waals surface area (Å²) in [4.78, 5) is 0. The predicted molar refractivity (Wildman–Crippen MR) is 121 cm³/mol. The van der Waals surface area contributed by atoms with Crippen LogP contribution in [0.2, 0.25) is 0 Å². The minimum Gasteiger partial charge on any atom is -0.384 e. The van der Waals surface area contributed by atoms with Gasteiger partial charge in [-0.25, -0.2) is 0 Å². The number of amidine groups is 1. The van der Waals surface area contributed by atoms with Gasteiger partial charge in [-0.05, 0) is 41.0 Å². The van der Waals surface area contributed by atoms with Gasteiger partial charge in [-0.3, -0.25) is 5.41 Å². The summed E-state index contributed by atoms with van der Waals surface area (Å²) >= 11 is 0. The molecule has 0 aliphatic rings. The van der Waals surface area contributed by atoms with Crippen molar-refractivity contribution in [2.75, 3.05) is 0 Å². The molecule has 4 aromatic carbocycles. The van der Waals surface area contributed by atoms with Crippen LogP contribution < -0.4 is 5.73 Å². The van der Waals surface area contributed by atoms with Crippen molar-refractivity contribution in [1.82, 2.24) is 4.57 Å². The van der Waals surface area contributed by atoms with Crippen molar-refractivity contribution in [2.45, 2.75) is 6.54 Å². The Morgan fingerprint density at radius 2 is 1.34 bits per heavy atom. The van der Waals surface area contributed by atoms with Gasteiger partial charge in [0.1, 0.15) is 5.84 Å². The molecule has 0 aliphatic heterocycles. The fourth-order valence-electron chi connectivity index (χ4n) is 4.01. The molecular weight excluding hydrogens is 354 g/mol. The second-order valence-corrected chi connectivity index (χ2v) is 7.31. The molecule has 3 N–H and O–H groups in total. The van der Waals surface area contributed by atoms with Crippen LogP contribution in [0.4, 0.5) is 0 Å². The highest BCUT2D eigenvalue weighted by Gasteiger charge is 2.12. The highest BCUT2D eigenvalue weighted by molar-refractivity contribution is 6.10. The lowest BCUT2D eigenvalue weighted by atomic mass is 10.0. The van der Waals surface area contributed by atoms with Gasteiger partial charge in [0.25, 0.3) is 0 Å². The molecular formula is C26H21N3. The van der Waals surface area contributed by atoms with Gasteiger partial charge >= 0.3 is 0 Å². The molecule has 0 unspecified atom stereocenters. The van der Waals surface area contributed by atoms with Crippen LogP contribution in [0, 0.1) is 5.41 Å². The lowest BCUT2D eigenvalue weighted by Gasteiger charge is -2.09. The highest BCUT2D eigenvalue weighted by Crippen LogP contribution is 2.31. The van der Waals surface area contributed by atoms with Crippen LogP contribution in [0.1, 0.15) is 11.1 Å². The fraction of sp³-hybridized carbons (Fsp3) is 0.0385.